The van der Waals surface area contributed by atoms with Gasteiger partial charge in [-0.15, -0.1) is 0 Å². The molecule has 1 saturated heterocycles. The number of fused-ring (bicyclic) bond motifs is 1. The lowest BCUT2D eigenvalue weighted by atomic mass is 9.89. The first kappa shape index (κ1) is 21.1. The Balaban J connectivity index is 1.49. The topological polar surface area (TPSA) is 57.6 Å². The third kappa shape index (κ3) is 4.55. The Morgan fingerprint density at radius 3 is 2.26 bits per heavy atom. The van der Waals surface area contributed by atoms with Crippen molar-refractivity contribution in [3.05, 3.63) is 16.7 Å². The van der Waals surface area contributed by atoms with Crippen molar-refractivity contribution in [1.29, 1.82) is 5.26 Å². The second-order valence-electron chi connectivity index (χ2n) is 10.5. The van der Waals surface area contributed by atoms with E-state index in [0.29, 0.717) is 6.04 Å². The maximum atomic E-state index is 10.2. The molecule has 3 N–H and O–H groups in total. The molecule has 0 bridgehead atoms. The van der Waals surface area contributed by atoms with Gasteiger partial charge >= 0.3 is 0 Å². The number of hydrogen-bond donors (Lipinski definition) is 2. The van der Waals surface area contributed by atoms with Gasteiger partial charge in [0.05, 0.1) is 37.3 Å². The van der Waals surface area contributed by atoms with Gasteiger partial charge in [0.15, 0.2) is 0 Å². The Hall–Kier alpha value is -1.80. The van der Waals surface area contributed by atoms with Crippen LogP contribution in [0.1, 0.15) is 100 Å². The van der Waals surface area contributed by atoms with E-state index in [1.807, 2.05) is 0 Å². The van der Waals surface area contributed by atoms with Crippen LogP contribution in [-0.4, -0.2) is 31.7 Å². The van der Waals surface area contributed by atoms with Crippen molar-refractivity contribution < 1.29 is 9.88 Å². The number of quaternary nitrogens is 1. The number of pyridine rings is 1. The van der Waals surface area contributed by atoms with Gasteiger partial charge in [-0.05, 0) is 63.4 Å². The molecule has 1 aromatic heterocycles. The van der Waals surface area contributed by atoms with Crippen molar-refractivity contribution in [1.82, 2.24) is 0 Å². The van der Waals surface area contributed by atoms with E-state index < -0.39 is 0 Å². The Morgan fingerprint density at radius 1 is 0.871 bits per heavy atom. The van der Waals surface area contributed by atoms with Crippen molar-refractivity contribution in [2.75, 3.05) is 29.9 Å². The fourth-order valence-electron chi connectivity index (χ4n) is 6.68. The summed E-state index contributed by atoms with van der Waals surface area (Å²) in [6.45, 7) is 4.43. The molecule has 1 aromatic rings. The summed E-state index contributed by atoms with van der Waals surface area (Å²) in [4.78, 5) is 8.03. The molecule has 0 radical (unpaired) electrons. The summed E-state index contributed by atoms with van der Waals surface area (Å²) in [5.74, 6) is 2.34. The molecule has 168 valence electrons. The van der Waals surface area contributed by atoms with Gasteiger partial charge in [-0.3, -0.25) is 4.90 Å². The predicted octanol–water partition coefficient (Wildman–Crippen LogP) is 3.38. The number of nitriles is 1. The second kappa shape index (κ2) is 9.77. The number of nitrogens with one attached hydrogen (secondary N) is 3. The first-order chi connectivity index (χ1) is 15.3. The van der Waals surface area contributed by atoms with Crippen LogP contribution in [0.5, 0.6) is 0 Å². The van der Waals surface area contributed by atoms with E-state index in [1.165, 1.54) is 107 Å². The van der Waals surface area contributed by atoms with E-state index in [9.17, 15) is 5.26 Å². The lowest BCUT2D eigenvalue weighted by Gasteiger charge is -2.36. The number of hydrogen-bond acceptors (Lipinski definition) is 3. The first-order valence-corrected chi connectivity index (χ1v) is 13.2. The van der Waals surface area contributed by atoms with E-state index in [2.05, 4.69) is 21.3 Å². The van der Waals surface area contributed by atoms with Crippen LogP contribution in [0.25, 0.3) is 0 Å². The van der Waals surface area contributed by atoms with E-state index in [1.54, 1.807) is 4.90 Å². The number of aromatic amines is 1. The maximum absolute atomic E-state index is 10.2. The summed E-state index contributed by atoms with van der Waals surface area (Å²) in [6.07, 6.45) is 18.5. The maximum Gasteiger partial charge on any atom is 0.240 e. The molecule has 5 heteroatoms. The van der Waals surface area contributed by atoms with Crippen LogP contribution in [-0.2, 0) is 13.0 Å². The quantitative estimate of drug-likeness (QED) is 0.781. The molecule has 1 unspecified atom stereocenters. The molecule has 5 rings (SSSR count). The van der Waals surface area contributed by atoms with Crippen LogP contribution in [0.2, 0.25) is 0 Å². The van der Waals surface area contributed by atoms with E-state index in [-0.39, 0.29) is 0 Å². The highest BCUT2D eigenvalue weighted by Gasteiger charge is 2.36. The molecular weight excluding hydrogens is 382 g/mol. The zero-order chi connectivity index (χ0) is 21.0. The zero-order valence-corrected chi connectivity index (χ0v) is 19.3. The molecular formula is C26H41N5+2. The van der Waals surface area contributed by atoms with Crippen molar-refractivity contribution in [3.63, 3.8) is 0 Å². The Kier molecular flexibility index (Phi) is 6.64. The highest BCUT2D eigenvalue weighted by molar-refractivity contribution is 5.62. The molecule has 31 heavy (non-hydrogen) atoms. The minimum atomic E-state index is 0.580. The fourth-order valence-corrected chi connectivity index (χ4v) is 6.68. The average molecular weight is 424 g/mol. The normalized spacial score (nSPS) is 25.6. The molecule has 0 spiro atoms. The molecule has 2 saturated carbocycles. The van der Waals surface area contributed by atoms with Gasteiger partial charge in [0, 0.05) is 6.42 Å². The van der Waals surface area contributed by atoms with Crippen LogP contribution in [0.15, 0.2) is 0 Å². The Labute approximate surface area is 188 Å². The highest BCUT2D eigenvalue weighted by Crippen LogP contribution is 2.31. The minimum Gasteiger partial charge on any atom is -0.328 e. The predicted molar refractivity (Wildman–Crippen MR) is 124 cm³/mol. The highest BCUT2D eigenvalue weighted by atomic mass is 15.2. The smallest absolute Gasteiger partial charge is 0.240 e. The standard InChI is InChI=1S/C26H39N5/c27-18-23-22-14-17-31(21-12-6-2-7-13-21)19-24(22)25(28-20-10-4-1-5-11-20)29-26(23)30-15-8-3-9-16-30/h20-21H,1-17,19H2,(H,28,29)/p+2. The molecule has 0 aromatic carbocycles. The molecule has 2 aliphatic heterocycles. The third-order valence-electron chi connectivity index (χ3n) is 8.47. The molecule has 2 aliphatic carbocycles. The SMILES string of the molecule is N#Cc1c(N2CCCCC2)[nH+]c(NC2CCCCC2)c2c1CC[NH+](C1CCCCC1)C2. The summed E-state index contributed by atoms with van der Waals surface area (Å²) < 4.78 is 0. The van der Waals surface area contributed by atoms with Gasteiger partial charge < -0.3 is 10.2 Å². The summed E-state index contributed by atoms with van der Waals surface area (Å²) in [5, 5.41) is 14.2. The number of nitrogens with zero attached hydrogens (tertiary/aromatic N) is 2. The van der Waals surface area contributed by atoms with E-state index in [0.717, 1.165) is 43.5 Å². The molecule has 0 amide bonds. The van der Waals surface area contributed by atoms with Crippen LogP contribution in [0, 0.1) is 11.3 Å². The van der Waals surface area contributed by atoms with E-state index >= 15 is 0 Å². The summed E-state index contributed by atoms with van der Waals surface area (Å²) >= 11 is 0. The van der Waals surface area contributed by atoms with Crippen LogP contribution >= 0.6 is 0 Å². The fraction of sp³-hybridized carbons (Fsp3) is 0.769. The molecule has 3 heterocycles. The van der Waals surface area contributed by atoms with Crippen molar-refractivity contribution in [2.45, 2.75) is 109 Å². The lowest BCUT2D eigenvalue weighted by Crippen LogP contribution is -3.15. The Morgan fingerprint density at radius 2 is 1.55 bits per heavy atom. The number of anilines is 2. The van der Waals surface area contributed by atoms with Crippen molar-refractivity contribution in [2.24, 2.45) is 0 Å². The molecule has 5 nitrogen and oxygen atoms in total. The number of rotatable bonds is 4. The lowest BCUT2D eigenvalue weighted by molar-refractivity contribution is -0.942. The average Bonchev–Trinajstić information content (AvgIpc) is 2.85. The minimum absolute atomic E-state index is 0.580. The molecule has 4 aliphatic rings. The van der Waals surface area contributed by atoms with Gasteiger partial charge in [0.1, 0.15) is 18.2 Å². The number of H-pyrrole nitrogens is 1. The zero-order valence-electron chi connectivity index (χ0n) is 19.3. The monoisotopic (exact) mass is 423 g/mol. The third-order valence-corrected chi connectivity index (χ3v) is 8.47. The van der Waals surface area contributed by atoms with Gasteiger partial charge in [-0.25, -0.2) is 4.98 Å². The molecule has 1 atom stereocenters. The second-order valence-corrected chi connectivity index (χ2v) is 10.5. The van der Waals surface area contributed by atoms with Gasteiger partial charge in [0.2, 0.25) is 11.6 Å². The van der Waals surface area contributed by atoms with Gasteiger partial charge in [-0.2, -0.15) is 5.26 Å². The van der Waals surface area contributed by atoms with Crippen molar-refractivity contribution in [3.8, 4) is 6.07 Å². The first-order valence-electron chi connectivity index (χ1n) is 13.2. The largest absolute Gasteiger partial charge is 0.328 e. The van der Waals surface area contributed by atoms with E-state index in [4.69, 9.17) is 0 Å². The number of aromatic nitrogens is 1. The molecule has 3 fully saturated rings. The summed E-state index contributed by atoms with van der Waals surface area (Å²) in [6, 6.07) is 4.03. The van der Waals surface area contributed by atoms with Crippen LogP contribution < -0.4 is 20.1 Å². The Bertz CT molecular complexity index is 795. The van der Waals surface area contributed by atoms with Crippen molar-refractivity contribution >= 4 is 11.6 Å². The van der Waals surface area contributed by atoms with Gasteiger partial charge in [0.25, 0.3) is 0 Å². The summed E-state index contributed by atoms with van der Waals surface area (Å²) in [7, 11) is 0. The summed E-state index contributed by atoms with van der Waals surface area (Å²) in [5.41, 5.74) is 3.71. The van der Waals surface area contributed by atoms with Crippen LogP contribution in [0.4, 0.5) is 11.6 Å². The van der Waals surface area contributed by atoms with Gasteiger partial charge in [-0.1, -0.05) is 25.7 Å². The van der Waals surface area contributed by atoms with Crippen LogP contribution in [0.3, 0.4) is 0 Å². The number of piperidine rings is 1.